The molecule has 12 atom stereocenters. The molecule has 23 nitrogen and oxygen atoms in total. The zero-order valence-corrected chi connectivity index (χ0v) is 63.8. The van der Waals surface area contributed by atoms with Gasteiger partial charge in [-0.3, -0.25) is 24.0 Å². The molecular formula is C74H113Cl3N6O17. The molecule has 2 aliphatic heterocycles. The molecular weight excluding hydrogens is 1350 g/mol. The standard InChI is InChI=1S/C32H44N2O7.C31H45N3O7.C6H11ClO.C5H11NO2.2ClH/c1-8-9-13-23-24-14-18(2)15-27(40-7)28(36)21(5)16-22(6)30(41-32(33)39)19(3)11-10-12-20(4)31(38)34-25(29(24)37)17-26(23)35;1-8-12-33-26-22-13-17(2)14-25(40-7)27(36)20(5)15-21(6)29(41-31(32)39)18(3)10-9-11-19(4)30(38)34-23(28(22)37)16-24(26)35;1-4-6(2,3)5(7)8;1-5(2,6-3)4(7)8;;/h8,10-12,16-19,21,27-28,30,36H,1,9,13-15H2,2-7H3,(H2,33,39)(H,34,38);8-11,15-18,20,25,27,29,33,35-37H,1,12-14H2,2-7H3,(H2,32,39)(H,34,38);4H2,1-3H3;6H,1-3H3,(H,7,8);2*1H/b11-10-,20-12+,22-16+;10-9-,19-11+,21-15+;;;;/t18-,19+,21+,27+,28-,30-;17-,18+,20+,25+,27-,29-;;;;/m11..../s1. The van der Waals surface area contributed by atoms with Crippen LogP contribution in [0, 0.1) is 40.9 Å². The highest BCUT2D eigenvalue weighted by atomic mass is 35.5. The quantitative estimate of drug-likeness (QED) is 0.0283. The molecule has 0 fully saturated rings. The number of hydrogen-bond acceptors (Lipinski definition) is 17. The smallest absolute Gasteiger partial charge is 0.405 e. The molecule has 1 aromatic rings. The molecule has 100 heavy (non-hydrogen) atoms. The highest BCUT2D eigenvalue weighted by Gasteiger charge is 2.35. The number of phenols is 2. The number of ether oxygens (including phenoxy) is 4. The Labute approximate surface area is 609 Å². The van der Waals surface area contributed by atoms with Crippen molar-refractivity contribution in [3.63, 3.8) is 0 Å². The van der Waals surface area contributed by atoms with E-state index in [1.54, 1.807) is 101 Å². The van der Waals surface area contributed by atoms with Gasteiger partial charge in [-0.2, -0.15) is 0 Å². The Bertz CT molecular complexity index is 3210. The number of nitrogens with two attached hydrogens (primary N) is 4. The Morgan fingerprint density at radius 2 is 1.20 bits per heavy atom. The Morgan fingerprint density at radius 1 is 0.750 bits per heavy atom. The Morgan fingerprint density at radius 3 is 1.57 bits per heavy atom. The predicted molar refractivity (Wildman–Crippen MR) is 385 cm³/mol. The predicted octanol–water partition coefficient (Wildman–Crippen LogP) is 5.27. The minimum atomic E-state index is -1.03. The first-order chi connectivity index (χ1) is 45.6. The molecule has 1 aromatic carbocycles. The molecule has 14 N–H and O–H groups in total. The molecule has 0 radical (unpaired) electrons. The van der Waals surface area contributed by atoms with Crippen LogP contribution in [0.4, 0.5) is 21.0 Å². The molecule has 2 heterocycles. The first kappa shape index (κ1) is 94.9. The van der Waals surface area contributed by atoms with Gasteiger partial charge in [-0.25, -0.2) is 9.59 Å². The summed E-state index contributed by atoms with van der Waals surface area (Å²) in [4.78, 5) is 96.5. The first-order valence-electron chi connectivity index (χ1n) is 33.0. The number of nitrogens with one attached hydrogen (secondary N) is 2. The van der Waals surface area contributed by atoms with Gasteiger partial charge in [0.15, 0.2) is 17.2 Å². The maximum Gasteiger partial charge on any atom is 0.405 e. The second-order valence-electron chi connectivity index (χ2n) is 26.7. The normalized spacial score (nSPS) is 27.2. The molecule has 4 amide bonds. The van der Waals surface area contributed by atoms with Crippen LogP contribution in [-0.4, -0.2) is 137 Å². The molecule has 3 aliphatic rings. The topological polar surface area (TPSA) is 387 Å². The minimum Gasteiger partial charge on any atom is -1.00 e. The third-order valence-electron chi connectivity index (χ3n) is 17.6. The number of benzene rings is 1. The lowest BCUT2D eigenvalue weighted by Gasteiger charge is -2.29. The molecule has 0 spiro atoms. The van der Waals surface area contributed by atoms with E-state index in [-0.39, 0.29) is 106 Å². The second-order valence-corrected chi connectivity index (χ2v) is 27.1. The summed E-state index contributed by atoms with van der Waals surface area (Å²) in [5.74, 6) is -4.55. The van der Waals surface area contributed by atoms with Crippen LogP contribution in [0.2, 0.25) is 0 Å². The number of ketones is 2. The third-order valence-corrected chi connectivity index (χ3v) is 18.1. The van der Waals surface area contributed by atoms with Crippen molar-refractivity contribution in [3.05, 3.63) is 131 Å². The van der Waals surface area contributed by atoms with Gasteiger partial charge in [-0.05, 0) is 127 Å². The van der Waals surface area contributed by atoms with Crippen LogP contribution in [0.15, 0.2) is 125 Å². The fourth-order valence-electron chi connectivity index (χ4n) is 10.6. The number of amides is 4. The van der Waals surface area contributed by atoms with Crippen molar-refractivity contribution in [2.24, 2.45) is 52.4 Å². The summed E-state index contributed by atoms with van der Waals surface area (Å²) in [6.07, 6.45) is 15.3. The van der Waals surface area contributed by atoms with Crippen molar-refractivity contribution in [1.82, 2.24) is 5.32 Å². The zero-order chi connectivity index (χ0) is 75.3. The maximum absolute atomic E-state index is 13.6. The van der Waals surface area contributed by atoms with Gasteiger partial charge in [0, 0.05) is 77.7 Å². The number of aromatic hydroxyl groups is 2. The van der Waals surface area contributed by atoms with Crippen LogP contribution < -0.4 is 50.2 Å². The number of carboxylic acid groups (broad SMARTS) is 1. The van der Waals surface area contributed by atoms with Gasteiger partial charge in [-0.1, -0.05) is 124 Å². The van der Waals surface area contributed by atoms with Gasteiger partial charge in [-0.15, -0.1) is 19.0 Å². The average Bonchev–Trinajstić information content (AvgIpc) is 0.845. The summed E-state index contributed by atoms with van der Waals surface area (Å²) < 4.78 is 22.2. The zero-order valence-electron chi connectivity index (χ0n) is 61.5. The summed E-state index contributed by atoms with van der Waals surface area (Å²) >= 11 is 5.23. The van der Waals surface area contributed by atoms with Crippen molar-refractivity contribution >= 4 is 82.2 Å². The number of aliphatic hydroxyl groups is 2. The fourth-order valence-corrected chi connectivity index (χ4v) is 10.7. The van der Waals surface area contributed by atoms with E-state index in [0.717, 1.165) is 6.42 Å². The van der Waals surface area contributed by atoms with Crippen molar-refractivity contribution in [2.45, 2.75) is 191 Å². The number of carbonyl (C=O) groups excluding carboxylic acids is 8. The number of allylic oxidation sites excluding steroid dienone is 8. The molecule has 0 saturated heterocycles. The van der Waals surface area contributed by atoms with E-state index in [2.05, 4.69) is 23.8 Å². The van der Waals surface area contributed by atoms with E-state index < -0.39 is 77.9 Å². The van der Waals surface area contributed by atoms with Crippen molar-refractivity contribution in [1.29, 1.82) is 0 Å². The molecule has 0 unspecified atom stereocenters. The summed E-state index contributed by atoms with van der Waals surface area (Å²) in [7, 11) is 4.75. The number of rotatable bonds is 14. The number of methoxy groups -OCH3 is 2. The number of aliphatic carboxylic acids is 1. The van der Waals surface area contributed by atoms with Crippen LogP contribution >= 0.6 is 24.0 Å². The summed E-state index contributed by atoms with van der Waals surface area (Å²) in [6, 6.07) is 1.33. The van der Waals surface area contributed by atoms with E-state index in [1.165, 1.54) is 26.4 Å². The first-order valence-corrected chi connectivity index (χ1v) is 33.4. The number of carboxylic acids is 1. The lowest BCUT2D eigenvalue weighted by molar-refractivity contribution is -0.689. The molecule has 4 bridgehead atoms. The lowest BCUT2D eigenvalue weighted by Crippen LogP contribution is -3.00. The van der Waals surface area contributed by atoms with Crippen LogP contribution in [-0.2, 0) is 54.1 Å². The lowest BCUT2D eigenvalue weighted by atomic mass is 9.82. The molecule has 0 saturated carbocycles. The van der Waals surface area contributed by atoms with Crippen molar-refractivity contribution in [3.8, 4) is 11.5 Å². The molecule has 562 valence electrons. The summed E-state index contributed by atoms with van der Waals surface area (Å²) in [5.41, 5.74) is 13.4. The van der Waals surface area contributed by atoms with Crippen LogP contribution in [0.3, 0.4) is 0 Å². The number of Topliss-reactive ketones (excluding diaryl/α,β-unsaturated/α-hetero) is 1. The van der Waals surface area contributed by atoms with Crippen LogP contribution in [0.5, 0.6) is 11.5 Å². The highest BCUT2D eigenvalue weighted by molar-refractivity contribution is 6.64. The number of likely N-dealkylation sites (N-methyl/N-ethyl adjacent to an activating group) is 1. The Kier molecular flexibility index (Phi) is 43.3. The molecule has 26 heteroatoms. The van der Waals surface area contributed by atoms with Gasteiger partial charge in [0.1, 0.15) is 29.5 Å². The highest BCUT2D eigenvalue weighted by Crippen LogP contribution is 2.41. The fraction of sp³-hybridized carbons (Fsp3) is 0.541. The van der Waals surface area contributed by atoms with Gasteiger partial charge < -0.3 is 94.4 Å². The largest absolute Gasteiger partial charge is 1.00 e. The van der Waals surface area contributed by atoms with E-state index in [9.17, 15) is 63.9 Å². The number of carbonyl (C=O) groups is 8. The van der Waals surface area contributed by atoms with Crippen LogP contribution in [0.1, 0.15) is 148 Å². The van der Waals surface area contributed by atoms with Crippen LogP contribution in [0.25, 0.3) is 0 Å². The van der Waals surface area contributed by atoms with Crippen molar-refractivity contribution in [2.75, 3.05) is 33.1 Å². The van der Waals surface area contributed by atoms with Gasteiger partial charge in [0.05, 0.1) is 55.0 Å². The maximum atomic E-state index is 13.6. The molecule has 4 rings (SSSR count). The molecule has 0 aromatic heterocycles. The monoisotopic (exact) mass is 1460 g/mol. The van der Waals surface area contributed by atoms with E-state index in [1.807, 2.05) is 81.4 Å². The van der Waals surface area contributed by atoms with Crippen molar-refractivity contribution < 1.29 is 106 Å². The SMILES string of the molecule is C=CCCC1=C2C[C@@H](C)C[C@H](OC)[C@H](O)[C@@H](C)/C=C(\C)[C@H](OC(N)=O)[C@@H](C)/C=C\C=C(/C)C(=O)NC(=CC1=O)C2=O.C=CC[NH2+]c1c(O)cc2c(O)c1C[C@@H](C)C[C@H](OC)[C@H](O)[C@@H](C)/C=C(\C)[C@H](OC(N)=O)[C@@H](C)/C=C\C=C(/C)C(=O)N2.CCC(C)(C)C(=O)Cl.C[NH2+]C(C)(C)C(=O)[O-].Cl.[Cl-]. The third kappa shape index (κ3) is 30.6. The summed E-state index contributed by atoms with van der Waals surface area (Å²) in [5, 5.41) is 63.1. The number of primary amides is 2. The van der Waals surface area contributed by atoms with E-state index in [4.69, 9.17) is 42.0 Å². The number of halogens is 3. The van der Waals surface area contributed by atoms with Gasteiger partial charge in [0.25, 0.3) is 11.8 Å². The number of fused-ring (bicyclic) bond motifs is 4. The van der Waals surface area contributed by atoms with E-state index in [0.29, 0.717) is 83.3 Å². The Hall–Kier alpha value is -7.19. The van der Waals surface area contributed by atoms with Gasteiger partial charge >= 0.3 is 12.2 Å². The number of quaternary nitrogens is 2. The summed E-state index contributed by atoms with van der Waals surface area (Å²) in [6.45, 7) is 34.8. The number of phenolic OH excluding ortho intramolecular Hbond substituents is 2. The number of aliphatic hydroxyl groups excluding tert-OH is 2. The molecule has 1 aliphatic carbocycles. The second kappa shape index (κ2) is 45.6. The van der Waals surface area contributed by atoms with Gasteiger partial charge in [0.2, 0.25) is 11.0 Å². The number of hydrogen-bond donors (Lipinski definition) is 10. The Balaban J connectivity index is 0. The minimum absolute atomic E-state index is 0. The average molecular weight is 1470 g/mol. The number of anilines is 1. The van der Waals surface area contributed by atoms with E-state index >= 15 is 0 Å².